The highest BCUT2D eigenvalue weighted by atomic mass is 16.5. The Morgan fingerprint density at radius 3 is 2.23 bits per heavy atom. The van der Waals surface area contributed by atoms with Gasteiger partial charge in [-0.15, -0.1) is 0 Å². The molecule has 0 unspecified atom stereocenters. The average Bonchev–Trinajstić information content (AvgIpc) is 3.17. The molecule has 1 aliphatic heterocycles. The first kappa shape index (κ1) is 18.1. The van der Waals surface area contributed by atoms with E-state index in [9.17, 15) is 5.11 Å². The molecule has 2 aromatic rings. The highest BCUT2D eigenvalue weighted by Crippen LogP contribution is 2.28. The summed E-state index contributed by atoms with van der Waals surface area (Å²) in [7, 11) is 3.07. The first-order chi connectivity index (χ1) is 12.5. The maximum absolute atomic E-state index is 10.8. The van der Waals surface area contributed by atoms with Gasteiger partial charge in [0.1, 0.15) is 17.8 Å². The molecule has 0 saturated heterocycles. The molecular weight excluding hydrogens is 334 g/mol. The van der Waals surface area contributed by atoms with Crippen molar-refractivity contribution in [3.8, 4) is 11.3 Å². The highest BCUT2D eigenvalue weighted by Gasteiger charge is 2.36. The van der Waals surface area contributed by atoms with E-state index in [2.05, 4.69) is 15.1 Å². The van der Waals surface area contributed by atoms with Gasteiger partial charge < -0.3 is 19.1 Å². The Kier molecular flexibility index (Phi) is 5.37. The zero-order valence-electron chi connectivity index (χ0n) is 15.3. The van der Waals surface area contributed by atoms with Crippen molar-refractivity contribution in [2.75, 3.05) is 14.2 Å². The Morgan fingerprint density at radius 1 is 1.00 bits per heavy atom. The summed E-state index contributed by atoms with van der Waals surface area (Å²) < 4.78 is 16.1. The van der Waals surface area contributed by atoms with Crippen LogP contribution in [0.4, 0.5) is 0 Å². The minimum Gasteiger partial charge on any atom is -0.483 e. The molecule has 2 heterocycles. The van der Waals surface area contributed by atoms with Crippen LogP contribution in [0.2, 0.25) is 0 Å². The number of benzene rings is 1. The van der Waals surface area contributed by atoms with Crippen molar-refractivity contribution in [2.45, 2.75) is 32.0 Å². The normalized spacial score (nSPS) is 21.2. The van der Waals surface area contributed by atoms with E-state index in [0.717, 1.165) is 5.56 Å². The molecule has 7 heteroatoms. The van der Waals surface area contributed by atoms with Crippen LogP contribution < -0.4 is 0 Å². The van der Waals surface area contributed by atoms with Gasteiger partial charge in [0.2, 0.25) is 11.8 Å². The number of ether oxygens (including phenoxy) is 2. The monoisotopic (exact) mass is 357 g/mol. The topological polar surface area (TPSA) is 89.4 Å². The van der Waals surface area contributed by atoms with Crippen LogP contribution in [0.3, 0.4) is 0 Å². The molecule has 1 aliphatic rings. The second-order valence-electron chi connectivity index (χ2n) is 6.40. The molecule has 0 amide bonds. The van der Waals surface area contributed by atoms with Crippen molar-refractivity contribution in [2.24, 2.45) is 15.9 Å². The minimum atomic E-state index is -1.06. The summed E-state index contributed by atoms with van der Waals surface area (Å²) in [4.78, 5) is 9.09. The molecule has 1 N–H and O–H groups in total. The van der Waals surface area contributed by atoms with Crippen molar-refractivity contribution in [1.82, 2.24) is 5.16 Å². The summed E-state index contributed by atoms with van der Waals surface area (Å²) in [5.41, 5.74) is 1.24. The van der Waals surface area contributed by atoms with Gasteiger partial charge in [-0.3, -0.25) is 0 Å². The molecule has 0 fully saturated rings. The highest BCUT2D eigenvalue weighted by molar-refractivity contribution is 5.94. The molecule has 0 saturated carbocycles. The summed E-state index contributed by atoms with van der Waals surface area (Å²) >= 11 is 0. The summed E-state index contributed by atoms with van der Waals surface area (Å²) in [6.07, 6.45) is -1.06. The lowest BCUT2D eigenvalue weighted by Gasteiger charge is -2.28. The Balaban J connectivity index is 1.89. The number of aliphatic hydroxyl groups excluding tert-OH is 1. The lowest BCUT2D eigenvalue weighted by molar-refractivity contribution is 0.146. The predicted octanol–water partition coefficient (Wildman–Crippen LogP) is 2.87. The third-order valence-corrected chi connectivity index (χ3v) is 4.28. The SMILES string of the molecule is COC1=N[C@H]([C@@H](O)c2cc(-c3ccccc3)on2)C(OC)=N[C@H]1C(C)C. The fourth-order valence-electron chi connectivity index (χ4n) is 2.85. The van der Waals surface area contributed by atoms with Crippen LogP contribution in [-0.4, -0.2) is 48.4 Å². The van der Waals surface area contributed by atoms with Crippen molar-refractivity contribution in [3.05, 3.63) is 42.1 Å². The van der Waals surface area contributed by atoms with Gasteiger partial charge in [0.05, 0.1) is 14.2 Å². The molecule has 0 bridgehead atoms. The van der Waals surface area contributed by atoms with Crippen LogP contribution in [0.5, 0.6) is 0 Å². The number of aromatic nitrogens is 1. The fourth-order valence-corrected chi connectivity index (χ4v) is 2.85. The van der Waals surface area contributed by atoms with Gasteiger partial charge in [-0.1, -0.05) is 49.3 Å². The van der Waals surface area contributed by atoms with Gasteiger partial charge >= 0.3 is 0 Å². The standard InChI is InChI=1S/C19H23N3O4/c1-11(2)15-18(24-3)21-16(19(20-15)25-4)17(23)13-10-14(26-22-13)12-8-6-5-7-9-12/h5-11,15-17,23H,1-4H3/t15-,16+,17-/m0/s1. The number of aliphatic imine (C=N–C) groups is 2. The molecular formula is C19H23N3O4. The summed E-state index contributed by atoms with van der Waals surface area (Å²) in [5, 5.41) is 14.8. The molecule has 1 aromatic heterocycles. The molecule has 0 spiro atoms. The molecule has 0 radical (unpaired) electrons. The van der Waals surface area contributed by atoms with E-state index >= 15 is 0 Å². The van der Waals surface area contributed by atoms with Crippen LogP contribution in [0.1, 0.15) is 25.6 Å². The summed E-state index contributed by atoms with van der Waals surface area (Å²) in [6.45, 7) is 4.05. The molecule has 3 rings (SSSR count). The summed E-state index contributed by atoms with van der Waals surface area (Å²) in [5.74, 6) is 1.58. The fraction of sp³-hybridized carbons (Fsp3) is 0.421. The predicted molar refractivity (Wildman–Crippen MR) is 98.2 cm³/mol. The zero-order valence-corrected chi connectivity index (χ0v) is 15.3. The lowest BCUT2D eigenvalue weighted by atomic mass is 10.0. The van der Waals surface area contributed by atoms with Gasteiger partial charge in [0, 0.05) is 11.6 Å². The van der Waals surface area contributed by atoms with Crippen molar-refractivity contribution >= 4 is 11.8 Å². The zero-order chi connectivity index (χ0) is 18.7. The third-order valence-electron chi connectivity index (χ3n) is 4.28. The van der Waals surface area contributed by atoms with Gasteiger partial charge in [-0.05, 0) is 5.92 Å². The number of nitrogens with zero attached hydrogens (tertiary/aromatic N) is 3. The Morgan fingerprint density at radius 2 is 1.62 bits per heavy atom. The second kappa shape index (κ2) is 7.70. The quantitative estimate of drug-likeness (QED) is 0.909. The van der Waals surface area contributed by atoms with Gasteiger partial charge in [-0.2, -0.15) is 0 Å². The van der Waals surface area contributed by atoms with E-state index in [1.807, 2.05) is 44.2 Å². The second-order valence-corrected chi connectivity index (χ2v) is 6.40. The van der Waals surface area contributed by atoms with E-state index in [4.69, 9.17) is 14.0 Å². The molecule has 138 valence electrons. The van der Waals surface area contributed by atoms with Crippen LogP contribution in [-0.2, 0) is 9.47 Å². The van der Waals surface area contributed by atoms with E-state index < -0.39 is 12.1 Å². The smallest absolute Gasteiger partial charge is 0.212 e. The molecule has 1 aromatic carbocycles. The first-order valence-electron chi connectivity index (χ1n) is 8.48. The lowest BCUT2D eigenvalue weighted by Crippen LogP contribution is -2.40. The van der Waals surface area contributed by atoms with Crippen molar-refractivity contribution in [1.29, 1.82) is 0 Å². The first-order valence-corrected chi connectivity index (χ1v) is 8.48. The third kappa shape index (κ3) is 3.48. The average molecular weight is 357 g/mol. The number of aliphatic hydroxyl groups is 1. The maximum Gasteiger partial charge on any atom is 0.212 e. The largest absolute Gasteiger partial charge is 0.483 e. The number of hydrogen-bond acceptors (Lipinski definition) is 7. The minimum absolute atomic E-state index is 0.189. The van der Waals surface area contributed by atoms with Crippen LogP contribution in [0, 0.1) is 5.92 Å². The number of hydrogen-bond donors (Lipinski definition) is 1. The summed E-state index contributed by atoms with van der Waals surface area (Å²) in [6, 6.07) is 10.3. The molecule has 7 nitrogen and oxygen atoms in total. The number of rotatable bonds is 4. The maximum atomic E-state index is 10.8. The van der Waals surface area contributed by atoms with Gasteiger partial charge in [-0.25, -0.2) is 9.98 Å². The van der Waals surface area contributed by atoms with Crippen LogP contribution >= 0.6 is 0 Å². The van der Waals surface area contributed by atoms with Crippen molar-refractivity contribution < 1.29 is 19.1 Å². The Hall–Kier alpha value is -2.67. The van der Waals surface area contributed by atoms with E-state index in [-0.39, 0.29) is 12.0 Å². The van der Waals surface area contributed by atoms with Crippen molar-refractivity contribution in [3.63, 3.8) is 0 Å². The number of methoxy groups -OCH3 is 2. The van der Waals surface area contributed by atoms with Gasteiger partial charge in [0.15, 0.2) is 11.8 Å². The van der Waals surface area contributed by atoms with Crippen LogP contribution in [0.15, 0.2) is 50.9 Å². The van der Waals surface area contributed by atoms with E-state index in [1.54, 1.807) is 13.2 Å². The van der Waals surface area contributed by atoms with Crippen LogP contribution in [0.25, 0.3) is 11.3 Å². The molecule has 26 heavy (non-hydrogen) atoms. The van der Waals surface area contributed by atoms with Gasteiger partial charge in [0.25, 0.3) is 0 Å². The van der Waals surface area contributed by atoms with E-state index in [1.165, 1.54) is 7.11 Å². The van der Waals surface area contributed by atoms with E-state index in [0.29, 0.717) is 23.2 Å². The molecule has 0 aliphatic carbocycles. The Labute approximate surface area is 152 Å². The molecule has 3 atom stereocenters. The Bertz CT molecular complexity index is 798.